The molecule has 0 saturated heterocycles. The molecule has 11 heavy (non-hydrogen) atoms. The Morgan fingerprint density at radius 3 is 2.27 bits per heavy atom. The summed E-state index contributed by atoms with van der Waals surface area (Å²) in [7, 11) is 1.31. The fourth-order valence-electron chi connectivity index (χ4n) is 0.386. The molecule has 0 aromatic carbocycles. The predicted octanol–water partition coefficient (Wildman–Crippen LogP) is 0.965. The van der Waals surface area contributed by atoms with Crippen LogP contribution in [0.1, 0.15) is 20.8 Å². The number of carbonyl (C=O) groups is 1. The maximum atomic E-state index is 11.8. The second-order valence-electron chi connectivity index (χ2n) is 1.81. The minimum Gasteiger partial charge on any atom is -0.355 e. The highest BCUT2D eigenvalue weighted by Gasteiger charge is 1.93. The van der Waals surface area contributed by atoms with Crippen molar-refractivity contribution in [2.75, 3.05) is 20.1 Å². The number of amides is 1. The average molecular weight is 164 g/mol. The number of hydrogen-bond donors (Lipinski definition) is 1. The zero-order valence-electron chi connectivity index (χ0n) is 7.65. The van der Waals surface area contributed by atoms with E-state index in [2.05, 4.69) is 5.32 Å². The molecule has 0 bridgehead atoms. The largest absolute Gasteiger partial charge is 0.355 e. The number of likely N-dealkylation sites (N-methyl/N-ethyl adjacent to an activating group) is 1. The van der Waals surface area contributed by atoms with Crippen molar-refractivity contribution >= 4 is 5.91 Å². The first kappa shape index (κ1) is 13.0. The first-order valence-electron chi connectivity index (χ1n) is 3.74. The van der Waals surface area contributed by atoms with Gasteiger partial charge in [0.05, 0.1) is 0 Å². The van der Waals surface area contributed by atoms with Gasteiger partial charge in [-0.15, -0.1) is 9.60 Å². The summed E-state index contributed by atoms with van der Waals surface area (Å²) >= 11 is 0. The van der Waals surface area contributed by atoms with Gasteiger partial charge in [-0.25, -0.2) is 0 Å². The summed E-state index contributed by atoms with van der Waals surface area (Å²) in [5, 5.41) is 2.98. The zero-order valence-corrected chi connectivity index (χ0v) is 7.65. The summed E-state index contributed by atoms with van der Waals surface area (Å²) in [5.74, 6) is -0.128. The smallest absolute Gasteiger partial charge is 0.216 e. The minimum absolute atomic E-state index is 0.128. The third kappa shape index (κ3) is 17.6. The standard InChI is InChI=1S/C5H11FN2O.C2H6/c1-5(9)7-3-4-8(2)6;1-2/h3-4H2,1-2H3,(H,7,9);1-2H3. The summed E-state index contributed by atoms with van der Waals surface area (Å²) < 4.78 is 11.8. The van der Waals surface area contributed by atoms with Crippen LogP contribution in [0.3, 0.4) is 0 Å². The lowest BCUT2D eigenvalue weighted by molar-refractivity contribution is -0.119. The van der Waals surface area contributed by atoms with Crippen molar-refractivity contribution in [2.45, 2.75) is 20.8 Å². The van der Waals surface area contributed by atoms with Crippen LogP contribution in [0.5, 0.6) is 0 Å². The Hall–Kier alpha value is -0.640. The van der Waals surface area contributed by atoms with E-state index in [1.54, 1.807) is 0 Å². The third-order valence-electron chi connectivity index (χ3n) is 0.794. The van der Waals surface area contributed by atoms with Gasteiger partial charge in [-0.05, 0) is 0 Å². The summed E-state index contributed by atoms with van der Waals surface area (Å²) in [6.07, 6.45) is 0. The van der Waals surface area contributed by atoms with Crippen molar-refractivity contribution in [3.05, 3.63) is 0 Å². The lowest BCUT2D eigenvalue weighted by Crippen LogP contribution is -2.27. The van der Waals surface area contributed by atoms with Crippen molar-refractivity contribution in [3.8, 4) is 0 Å². The predicted molar refractivity (Wildman–Crippen MR) is 43.8 cm³/mol. The highest BCUT2D eigenvalue weighted by molar-refractivity contribution is 5.72. The van der Waals surface area contributed by atoms with E-state index in [0.29, 0.717) is 11.7 Å². The molecular formula is C7H17FN2O. The van der Waals surface area contributed by atoms with Gasteiger partial charge < -0.3 is 5.32 Å². The molecule has 0 aromatic heterocycles. The molecule has 0 radical (unpaired) electrons. The van der Waals surface area contributed by atoms with E-state index in [1.807, 2.05) is 13.8 Å². The molecule has 1 N–H and O–H groups in total. The van der Waals surface area contributed by atoms with E-state index in [-0.39, 0.29) is 12.5 Å². The second kappa shape index (κ2) is 9.36. The van der Waals surface area contributed by atoms with Crippen molar-refractivity contribution in [3.63, 3.8) is 0 Å². The molecule has 0 spiro atoms. The summed E-state index contributed by atoms with van der Waals surface area (Å²) in [5.41, 5.74) is 0. The van der Waals surface area contributed by atoms with Gasteiger partial charge >= 0.3 is 0 Å². The lowest BCUT2D eigenvalue weighted by atomic mass is 10.6. The highest BCUT2D eigenvalue weighted by Crippen LogP contribution is 1.76. The van der Waals surface area contributed by atoms with Crippen LogP contribution in [0.15, 0.2) is 0 Å². The summed E-state index contributed by atoms with van der Waals surface area (Å²) in [4.78, 5) is 10.2. The molecule has 3 nitrogen and oxygen atoms in total. The average Bonchev–Trinajstić information content (AvgIpc) is 1.90. The van der Waals surface area contributed by atoms with E-state index in [9.17, 15) is 9.28 Å². The number of hydrogen-bond acceptors (Lipinski definition) is 2. The molecule has 0 saturated carbocycles. The maximum Gasteiger partial charge on any atom is 0.216 e. The molecular weight excluding hydrogens is 147 g/mol. The molecule has 0 atom stereocenters. The Kier molecular flexibility index (Phi) is 11.1. The fourth-order valence-corrected chi connectivity index (χ4v) is 0.386. The number of nitrogens with zero attached hydrogens (tertiary/aromatic N) is 1. The first-order chi connectivity index (χ1) is 5.13. The van der Waals surface area contributed by atoms with E-state index in [0.717, 1.165) is 0 Å². The molecule has 0 rings (SSSR count). The molecule has 0 aliphatic heterocycles. The molecule has 0 aliphatic carbocycles. The quantitative estimate of drug-likeness (QED) is 0.630. The third-order valence-corrected chi connectivity index (χ3v) is 0.794. The number of halogens is 1. The molecule has 0 aliphatic rings. The Bertz CT molecular complexity index is 96.4. The zero-order chi connectivity index (χ0) is 9.28. The van der Waals surface area contributed by atoms with E-state index in [4.69, 9.17) is 0 Å². The van der Waals surface area contributed by atoms with E-state index >= 15 is 0 Å². The van der Waals surface area contributed by atoms with Crippen LogP contribution >= 0.6 is 0 Å². The molecule has 0 heterocycles. The van der Waals surface area contributed by atoms with Gasteiger partial charge in [-0.3, -0.25) is 4.79 Å². The van der Waals surface area contributed by atoms with Crippen molar-refractivity contribution in [1.82, 2.24) is 10.4 Å². The Morgan fingerprint density at radius 2 is 2.00 bits per heavy atom. The molecule has 0 aromatic rings. The normalized spacial score (nSPS) is 8.55. The van der Waals surface area contributed by atoms with Crippen LogP contribution in [0.2, 0.25) is 0 Å². The topological polar surface area (TPSA) is 32.3 Å². The van der Waals surface area contributed by atoms with Gasteiger partial charge in [0, 0.05) is 27.1 Å². The molecule has 68 valence electrons. The molecule has 4 heteroatoms. The number of nitrogens with one attached hydrogen (secondary N) is 1. The molecule has 0 fully saturated rings. The van der Waals surface area contributed by atoms with E-state index in [1.165, 1.54) is 14.0 Å². The van der Waals surface area contributed by atoms with E-state index < -0.39 is 0 Å². The van der Waals surface area contributed by atoms with Crippen LogP contribution in [0.25, 0.3) is 0 Å². The molecule has 1 amide bonds. The Labute approximate surface area is 67.5 Å². The Morgan fingerprint density at radius 1 is 1.55 bits per heavy atom. The SMILES string of the molecule is CC.CC(=O)NCCN(C)F. The van der Waals surface area contributed by atoms with Crippen molar-refractivity contribution in [1.29, 1.82) is 0 Å². The van der Waals surface area contributed by atoms with Crippen molar-refractivity contribution in [2.24, 2.45) is 0 Å². The van der Waals surface area contributed by atoms with Crippen LogP contribution in [-0.2, 0) is 4.79 Å². The van der Waals surface area contributed by atoms with Crippen LogP contribution in [0.4, 0.5) is 4.48 Å². The van der Waals surface area contributed by atoms with Gasteiger partial charge in [-0.1, -0.05) is 13.8 Å². The fraction of sp³-hybridized carbons (Fsp3) is 0.857. The lowest BCUT2D eigenvalue weighted by Gasteiger charge is -2.03. The summed E-state index contributed by atoms with van der Waals surface area (Å²) in [6, 6.07) is 0. The highest BCUT2D eigenvalue weighted by atomic mass is 19.2. The second-order valence-corrected chi connectivity index (χ2v) is 1.81. The van der Waals surface area contributed by atoms with Gasteiger partial charge in [0.2, 0.25) is 5.91 Å². The number of carbonyl (C=O) groups excluding carboxylic acids is 1. The van der Waals surface area contributed by atoms with Gasteiger partial charge in [-0.2, -0.15) is 0 Å². The maximum absolute atomic E-state index is 11.8. The van der Waals surface area contributed by atoms with Crippen LogP contribution in [0, 0.1) is 0 Å². The van der Waals surface area contributed by atoms with Crippen LogP contribution < -0.4 is 5.32 Å². The number of rotatable bonds is 3. The van der Waals surface area contributed by atoms with Crippen LogP contribution in [-0.4, -0.2) is 31.2 Å². The molecule has 0 unspecified atom stereocenters. The first-order valence-corrected chi connectivity index (χ1v) is 3.74. The Balaban J connectivity index is 0. The van der Waals surface area contributed by atoms with Gasteiger partial charge in [0.1, 0.15) is 0 Å². The van der Waals surface area contributed by atoms with Gasteiger partial charge in [0.25, 0.3) is 0 Å². The summed E-state index contributed by atoms with van der Waals surface area (Å²) in [6.45, 7) is 6.00. The minimum atomic E-state index is -0.128. The van der Waals surface area contributed by atoms with Crippen molar-refractivity contribution < 1.29 is 9.28 Å². The monoisotopic (exact) mass is 164 g/mol. The van der Waals surface area contributed by atoms with Gasteiger partial charge in [0.15, 0.2) is 0 Å².